The first-order chi connectivity index (χ1) is 11.7. The first-order valence-electron chi connectivity index (χ1n) is 7.07. The van der Waals surface area contributed by atoms with E-state index < -0.39 is 5.91 Å². The van der Waals surface area contributed by atoms with Crippen LogP contribution in [0.2, 0.25) is 0 Å². The molecule has 0 saturated heterocycles. The van der Waals surface area contributed by atoms with Crippen LogP contribution in [0.3, 0.4) is 0 Å². The number of nitrogens with one attached hydrogen (secondary N) is 1. The van der Waals surface area contributed by atoms with E-state index in [1.54, 1.807) is 30.3 Å². The summed E-state index contributed by atoms with van der Waals surface area (Å²) < 4.78 is 15.8. The topological polar surface area (TPSA) is 112 Å². The lowest BCUT2D eigenvalue weighted by molar-refractivity contribution is 0.102. The Bertz CT molecular complexity index is 905. The van der Waals surface area contributed by atoms with Gasteiger partial charge in [-0.1, -0.05) is 0 Å². The fraction of sp³-hybridized carbons (Fsp3) is 0.0625. The minimum Gasteiger partial charge on any atom is -0.454 e. The largest absolute Gasteiger partial charge is 0.454 e. The average molecular weight is 324 g/mol. The predicted octanol–water partition coefficient (Wildman–Crippen LogP) is 2.30. The zero-order valence-electron chi connectivity index (χ0n) is 12.4. The molecule has 2 aromatic heterocycles. The predicted molar refractivity (Wildman–Crippen MR) is 84.7 cm³/mol. The summed E-state index contributed by atoms with van der Waals surface area (Å²) in [5, 5.41) is 2.73. The molecule has 3 heterocycles. The molecule has 8 heteroatoms. The summed E-state index contributed by atoms with van der Waals surface area (Å²) >= 11 is 0. The SMILES string of the molecule is Nc1ccc(-c2nc(C(=O)Nc3ccc4c(c3)OCO4)co2)cn1. The third-order valence-electron chi connectivity index (χ3n) is 3.40. The van der Waals surface area contributed by atoms with Crippen LogP contribution in [-0.2, 0) is 0 Å². The Morgan fingerprint density at radius 2 is 2.04 bits per heavy atom. The maximum absolute atomic E-state index is 12.3. The van der Waals surface area contributed by atoms with Crippen LogP contribution in [-0.4, -0.2) is 22.7 Å². The van der Waals surface area contributed by atoms with Gasteiger partial charge in [0.2, 0.25) is 12.7 Å². The summed E-state index contributed by atoms with van der Waals surface area (Å²) in [5.41, 5.74) is 6.89. The molecule has 0 bridgehead atoms. The highest BCUT2D eigenvalue weighted by molar-refractivity contribution is 6.03. The molecule has 0 atom stereocenters. The molecule has 0 saturated carbocycles. The quantitative estimate of drug-likeness (QED) is 0.760. The molecule has 0 aliphatic carbocycles. The molecule has 4 rings (SSSR count). The fourth-order valence-electron chi connectivity index (χ4n) is 2.21. The number of nitrogen functional groups attached to an aromatic ring is 1. The number of oxazole rings is 1. The van der Waals surface area contributed by atoms with Gasteiger partial charge in [-0.05, 0) is 24.3 Å². The van der Waals surface area contributed by atoms with Gasteiger partial charge < -0.3 is 24.9 Å². The van der Waals surface area contributed by atoms with Crippen LogP contribution in [0.4, 0.5) is 11.5 Å². The van der Waals surface area contributed by atoms with Crippen molar-refractivity contribution in [3.05, 3.63) is 48.5 Å². The first-order valence-corrected chi connectivity index (χ1v) is 7.07. The summed E-state index contributed by atoms with van der Waals surface area (Å²) in [7, 11) is 0. The number of pyridine rings is 1. The van der Waals surface area contributed by atoms with E-state index in [1.165, 1.54) is 12.5 Å². The fourth-order valence-corrected chi connectivity index (χ4v) is 2.21. The minimum absolute atomic E-state index is 0.152. The number of hydrogen-bond acceptors (Lipinski definition) is 7. The Kier molecular flexibility index (Phi) is 3.27. The highest BCUT2D eigenvalue weighted by Gasteiger charge is 2.17. The van der Waals surface area contributed by atoms with E-state index >= 15 is 0 Å². The van der Waals surface area contributed by atoms with Crippen molar-refractivity contribution in [3.63, 3.8) is 0 Å². The normalized spacial score (nSPS) is 12.2. The van der Waals surface area contributed by atoms with Crippen LogP contribution in [0.25, 0.3) is 11.5 Å². The van der Waals surface area contributed by atoms with Gasteiger partial charge in [0.05, 0.1) is 5.56 Å². The van der Waals surface area contributed by atoms with E-state index in [-0.39, 0.29) is 12.5 Å². The number of fused-ring (bicyclic) bond motifs is 1. The monoisotopic (exact) mass is 324 g/mol. The lowest BCUT2D eigenvalue weighted by atomic mass is 10.2. The van der Waals surface area contributed by atoms with E-state index in [2.05, 4.69) is 15.3 Å². The van der Waals surface area contributed by atoms with Crippen molar-refractivity contribution in [2.75, 3.05) is 17.8 Å². The van der Waals surface area contributed by atoms with Gasteiger partial charge >= 0.3 is 0 Å². The number of carbonyl (C=O) groups excluding carboxylic acids is 1. The van der Waals surface area contributed by atoms with Gasteiger partial charge in [-0.2, -0.15) is 0 Å². The second kappa shape index (κ2) is 5.58. The summed E-state index contributed by atoms with van der Waals surface area (Å²) in [4.78, 5) is 20.4. The van der Waals surface area contributed by atoms with Crippen molar-refractivity contribution >= 4 is 17.4 Å². The standard InChI is InChI=1S/C16H12N4O4/c17-14-4-1-9(6-18-14)16-20-11(7-22-16)15(21)19-10-2-3-12-13(5-10)24-8-23-12/h1-7H,8H2,(H2,17,18)(H,19,21). The van der Waals surface area contributed by atoms with Gasteiger partial charge in [0, 0.05) is 18.0 Å². The number of nitrogens with zero attached hydrogens (tertiary/aromatic N) is 2. The Balaban J connectivity index is 1.52. The van der Waals surface area contributed by atoms with Crippen molar-refractivity contribution in [1.82, 2.24) is 9.97 Å². The van der Waals surface area contributed by atoms with Crippen molar-refractivity contribution in [3.8, 4) is 23.0 Å². The molecule has 1 amide bonds. The van der Waals surface area contributed by atoms with Crippen molar-refractivity contribution < 1.29 is 18.7 Å². The summed E-state index contributed by atoms with van der Waals surface area (Å²) in [5.74, 6) is 1.52. The maximum atomic E-state index is 12.3. The van der Waals surface area contributed by atoms with Gasteiger partial charge in [0.1, 0.15) is 12.1 Å². The van der Waals surface area contributed by atoms with Gasteiger partial charge in [-0.15, -0.1) is 0 Å². The molecule has 3 N–H and O–H groups in total. The Morgan fingerprint density at radius 1 is 1.17 bits per heavy atom. The zero-order chi connectivity index (χ0) is 16.5. The van der Waals surface area contributed by atoms with Crippen molar-refractivity contribution in [2.45, 2.75) is 0 Å². The zero-order valence-corrected chi connectivity index (χ0v) is 12.4. The Hall–Kier alpha value is -3.55. The number of anilines is 2. The Morgan fingerprint density at radius 3 is 2.88 bits per heavy atom. The second-order valence-electron chi connectivity index (χ2n) is 5.03. The van der Waals surface area contributed by atoms with Gasteiger partial charge in [-0.25, -0.2) is 9.97 Å². The third-order valence-corrected chi connectivity index (χ3v) is 3.40. The van der Waals surface area contributed by atoms with Gasteiger partial charge in [0.15, 0.2) is 17.2 Å². The molecule has 8 nitrogen and oxygen atoms in total. The lowest BCUT2D eigenvalue weighted by Crippen LogP contribution is -2.12. The molecule has 0 spiro atoms. The van der Waals surface area contributed by atoms with Gasteiger partial charge in [-0.3, -0.25) is 4.79 Å². The number of amides is 1. The summed E-state index contributed by atoms with van der Waals surface area (Å²) in [6.45, 7) is 0.176. The number of nitrogens with two attached hydrogens (primary N) is 1. The highest BCUT2D eigenvalue weighted by atomic mass is 16.7. The summed E-state index contributed by atoms with van der Waals surface area (Å²) in [6, 6.07) is 8.48. The molecule has 3 aromatic rings. The lowest BCUT2D eigenvalue weighted by Gasteiger charge is -2.03. The molecule has 120 valence electrons. The number of ether oxygens (including phenoxy) is 2. The molecule has 24 heavy (non-hydrogen) atoms. The van der Waals surface area contributed by atoms with Crippen molar-refractivity contribution in [2.24, 2.45) is 0 Å². The average Bonchev–Trinajstić information content (AvgIpc) is 3.24. The number of rotatable bonds is 3. The highest BCUT2D eigenvalue weighted by Crippen LogP contribution is 2.34. The van der Waals surface area contributed by atoms with E-state index in [9.17, 15) is 4.79 Å². The van der Waals surface area contributed by atoms with Crippen molar-refractivity contribution in [1.29, 1.82) is 0 Å². The number of benzene rings is 1. The molecule has 1 aromatic carbocycles. The molecule has 0 fully saturated rings. The molecule has 1 aliphatic heterocycles. The van der Waals surface area contributed by atoms with E-state index in [0.717, 1.165) is 0 Å². The molecular weight excluding hydrogens is 312 g/mol. The van der Waals surface area contributed by atoms with Crippen LogP contribution in [0.1, 0.15) is 10.5 Å². The van der Waals surface area contributed by atoms with Crippen LogP contribution in [0.5, 0.6) is 11.5 Å². The van der Waals surface area contributed by atoms with Crippen LogP contribution < -0.4 is 20.5 Å². The number of hydrogen-bond donors (Lipinski definition) is 2. The molecule has 1 aliphatic rings. The van der Waals surface area contributed by atoms with E-state index in [1.807, 2.05) is 0 Å². The van der Waals surface area contributed by atoms with Crippen LogP contribution >= 0.6 is 0 Å². The molecular formula is C16H12N4O4. The second-order valence-corrected chi connectivity index (χ2v) is 5.03. The number of aromatic nitrogens is 2. The minimum atomic E-state index is -0.396. The summed E-state index contributed by atoms with van der Waals surface area (Å²) in [6.07, 6.45) is 2.81. The smallest absolute Gasteiger partial charge is 0.277 e. The van der Waals surface area contributed by atoms with E-state index in [4.69, 9.17) is 19.6 Å². The first kappa shape index (κ1) is 14.1. The molecule has 0 radical (unpaired) electrons. The maximum Gasteiger partial charge on any atom is 0.277 e. The van der Waals surface area contributed by atoms with Crippen LogP contribution in [0.15, 0.2) is 47.2 Å². The van der Waals surface area contributed by atoms with E-state index in [0.29, 0.717) is 34.5 Å². The Labute approximate surface area is 136 Å². The molecule has 0 unspecified atom stereocenters. The third kappa shape index (κ3) is 2.60. The van der Waals surface area contributed by atoms with Gasteiger partial charge in [0.25, 0.3) is 5.91 Å². The van der Waals surface area contributed by atoms with Crippen LogP contribution in [0, 0.1) is 0 Å². The number of carbonyl (C=O) groups is 1.